The molecule has 1 atom stereocenters. The first-order valence-electron chi connectivity index (χ1n) is 5.70. The van der Waals surface area contributed by atoms with Crippen LogP contribution in [0.3, 0.4) is 0 Å². The van der Waals surface area contributed by atoms with Crippen LogP contribution in [0.25, 0.3) is 0 Å². The predicted octanol–water partition coefficient (Wildman–Crippen LogP) is 3.35. The number of rotatable bonds is 6. The molecule has 5 nitrogen and oxygen atoms in total. The molecule has 0 heterocycles. The van der Waals surface area contributed by atoms with E-state index in [1.165, 1.54) is 14.2 Å². The number of hydroxylamine groups is 1. The number of para-hydroxylation sites is 1. The number of anilines is 1. The molecular weight excluding hydrogens is 253 g/mol. The molecule has 1 aromatic carbocycles. The highest BCUT2D eigenvalue weighted by Gasteiger charge is 2.41. The van der Waals surface area contributed by atoms with Gasteiger partial charge in [0, 0.05) is 14.2 Å². The van der Waals surface area contributed by atoms with Crippen LogP contribution >= 0.6 is 7.60 Å². The highest BCUT2D eigenvalue weighted by Crippen LogP contribution is 2.55. The van der Waals surface area contributed by atoms with E-state index in [4.69, 9.17) is 9.05 Å². The van der Waals surface area contributed by atoms with Gasteiger partial charge in [-0.2, -0.15) is 0 Å². The molecule has 0 spiro atoms. The molecule has 1 unspecified atom stereocenters. The maximum Gasteiger partial charge on any atom is 0.355 e. The lowest BCUT2D eigenvalue weighted by atomic mass is 10.2. The molecule has 18 heavy (non-hydrogen) atoms. The van der Waals surface area contributed by atoms with E-state index in [0.29, 0.717) is 5.69 Å². The first-order valence-corrected chi connectivity index (χ1v) is 7.31. The van der Waals surface area contributed by atoms with E-state index >= 15 is 0 Å². The Labute approximate surface area is 108 Å². The third-order valence-electron chi connectivity index (χ3n) is 2.70. The summed E-state index contributed by atoms with van der Waals surface area (Å²) in [5.74, 6) is -0.865. The van der Waals surface area contributed by atoms with Crippen molar-refractivity contribution in [2.24, 2.45) is 5.92 Å². The Morgan fingerprint density at radius 3 is 2.06 bits per heavy atom. The van der Waals surface area contributed by atoms with Gasteiger partial charge in [0.1, 0.15) is 0 Å². The number of hydrogen-bond donors (Lipinski definition) is 1. The highest BCUT2D eigenvalue weighted by molar-refractivity contribution is 7.54. The maximum atomic E-state index is 12.5. The summed E-state index contributed by atoms with van der Waals surface area (Å²) < 4.78 is 22.4. The van der Waals surface area contributed by atoms with Gasteiger partial charge in [0.15, 0.2) is 5.78 Å². The summed E-state index contributed by atoms with van der Waals surface area (Å²) in [7, 11) is -0.757. The van der Waals surface area contributed by atoms with Crippen LogP contribution in [-0.2, 0) is 13.6 Å². The van der Waals surface area contributed by atoms with Crippen LogP contribution in [0.1, 0.15) is 13.8 Å². The van der Waals surface area contributed by atoms with E-state index < -0.39 is 13.4 Å². The van der Waals surface area contributed by atoms with Crippen molar-refractivity contribution in [3.63, 3.8) is 0 Å². The second-order valence-corrected chi connectivity index (χ2v) is 6.58. The van der Waals surface area contributed by atoms with Gasteiger partial charge in [-0.1, -0.05) is 32.0 Å². The smallest absolute Gasteiger partial charge is 0.310 e. The predicted molar refractivity (Wildman–Crippen MR) is 71.0 cm³/mol. The van der Waals surface area contributed by atoms with Gasteiger partial charge in [0.25, 0.3) is 0 Å². The minimum absolute atomic E-state index is 0.110. The number of benzene rings is 1. The van der Waals surface area contributed by atoms with Crippen LogP contribution in [0.4, 0.5) is 5.69 Å². The zero-order valence-corrected chi connectivity index (χ0v) is 12.0. The molecular formula is C12H20NO4P. The number of nitrogens with zero attached hydrogens (tertiary/aromatic N) is 1. The first-order chi connectivity index (χ1) is 8.46. The normalized spacial score (nSPS) is 13.7. The summed E-state index contributed by atoms with van der Waals surface area (Å²) in [6, 6.07) is 8.88. The first kappa shape index (κ1) is 15.2. The zero-order valence-electron chi connectivity index (χ0n) is 11.1. The Balaban J connectivity index is 3.10. The fourth-order valence-electron chi connectivity index (χ4n) is 1.81. The maximum absolute atomic E-state index is 12.5. The molecule has 0 aromatic heterocycles. The van der Waals surface area contributed by atoms with Crippen molar-refractivity contribution in [1.29, 1.82) is 0 Å². The average molecular weight is 273 g/mol. The highest BCUT2D eigenvalue weighted by atomic mass is 31.2. The molecule has 1 aromatic rings. The Kier molecular flexibility index (Phi) is 5.35. The van der Waals surface area contributed by atoms with Crippen LogP contribution in [0, 0.1) is 5.92 Å². The van der Waals surface area contributed by atoms with E-state index in [2.05, 4.69) is 0 Å². The fraction of sp³-hybridized carbons (Fsp3) is 0.500. The van der Waals surface area contributed by atoms with Gasteiger partial charge in [-0.3, -0.25) is 9.77 Å². The number of hydrogen-bond acceptors (Lipinski definition) is 5. The molecule has 0 radical (unpaired) electrons. The molecule has 0 amide bonds. The second-order valence-electron chi connectivity index (χ2n) is 4.24. The Bertz CT molecular complexity index is 402. The fourth-order valence-corrected chi connectivity index (χ4v) is 3.52. The van der Waals surface area contributed by atoms with Gasteiger partial charge < -0.3 is 9.05 Å². The third-order valence-corrected chi connectivity index (χ3v) is 5.18. The van der Waals surface area contributed by atoms with Gasteiger partial charge in [0.2, 0.25) is 0 Å². The van der Waals surface area contributed by atoms with Crippen molar-refractivity contribution in [2.45, 2.75) is 19.6 Å². The van der Waals surface area contributed by atoms with Crippen molar-refractivity contribution >= 4 is 13.3 Å². The molecule has 1 rings (SSSR count). The molecule has 0 aliphatic rings. The molecule has 1 N–H and O–H groups in total. The van der Waals surface area contributed by atoms with Gasteiger partial charge in [-0.25, -0.2) is 5.06 Å². The van der Waals surface area contributed by atoms with Crippen molar-refractivity contribution in [3.8, 4) is 0 Å². The van der Waals surface area contributed by atoms with Crippen LogP contribution in [0.15, 0.2) is 30.3 Å². The van der Waals surface area contributed by atoms with Gasteiger partial charge in [-0.05, 0) is 18.1 Å². The minimum Gasteiger partial charge on any atom is -0.310 e. The van der Waals surface area contributed by atoms with Crippen LogP contribution in [-0.4, -0.2) is 25.2 Å². The largest absolute Gasteiger partial charge is 0.355 e. The SMILES string of the molecule is COP(=O)(OC)C(C(C)C)N(O)c1ccccc1. The van der Waals surface area contributed by atoms with Crippen LogP contribution in [0.2, 0.25) is 0 Å². The van der Waals surface area contributed by atoms with Crippen LogP contribution in [0.5, 0.6) is 0 Å². The average Bonchev–Trinajstić information content (AvgIpc) is 2.39. The molecule has 0 aliphatic heterocycles. The lowest BCUT2D eigenvalue weighted by Gasteiger charge is -2.34. The lowest BCUT2D eigenvalue weighted by molar-refractivity contribution is 0.185. The zero-order chi connectivity index (χ0) is 13.8. The summed E-state index contributed by atoms with van der Waals surface area (Å²) in [5, 5.41) is 11.2. The van der Waals surface area contributed by atoms with Crippen molar-refractivity contribution < 1.29 is 18.8 Å². The summed E-state index contributed by atoms with van der Waals surface area (Å²) in [4.78, 5) is 0. The Morgan fingerprint density at radius 1 is 1.17 bits per heavy atom. The van der Waals surface area contributed by atoms with E-state index in [1.54, 1.807) is 24.3 Å². The van der Waals surface area contributed by atoms with Gasteiger partial charge in [0.05, 0.1) is 5.69 Å². The van der Waals surface area contributed by atoms with Crippen molar-refractivity contribution in [1.82, 2.24) is 0 Å². The minimum atomic E-state index is -3.39. The molecule has 6 heteroatoms. The van der Waals surface area contributed by atoms with E-state index in [1.807, 2.05) is 19.9 Å². The van der Waals surface area contributed by atoms with Gasteiger partial charge in [-0.15, -0.1) is 0 Å². The molecule has 0 saturated heterocycles. The quantitative estimate of drug-likeness (QED) is 0.636. The lowest BCUT2D eigenvalue weighted by Crippen LogP contribution is -2.37. The summed E-state index contributed by atoms with van der Waals surface area (Å²) in [6.07, 6.45) is 0. The second kappa shape index (κ2) is 6.34. The van der Waals surface area contributed by atoms with Gasteiger partial charge >= 0.3 is 7.60 Å². The summed E-state index contributed by atoms with van der Waals surface area (Å²) in [5.41, 5.74) is 0.547. The summed E-state index contributed by atoms with van der Waals surface area (Å²) in [6.45, 7) is 3.70. The monoisotopic (exact) mass is 273 g/mol. The summed E-state index contributed by atoms with van der Waals surface area (Å²) >= 11 is 0. The standard InChI is InChI=1S/C12H20NO4P/c1-10(2)12(18(15,16-3)17-4)13(14)11-8-6-5-7-9-11/h5-10,12,14H,1-4H3. The van der Waals surface area contributed by atoms with E-state index in [-0.39, 0.29) is 5.92 Å². The van der Waals surface area contributed by atoms with Crippen molar-refractivity contribution in [3.05, 3.63) is 30.3 Å². The van der Waals surface area contributed by atoms with E-state index in [9.17, 15) is 9.77 Å². The van der Waals surface area contributed by atoms with E-state index in [0.717, 1.165) is 5.06 Å². The molecule has 102 valence electrons. The molecule has 0 bridgehead atoms. The topological polar surface area (TPSA) is 59.0 Å². The van der Waals surface area contributed by atoms with Crippen molar-refractivity contribution in [2.75, 3.05) is 19.3 Å². The molecule has 0 fully saturated rings. The molecule has 0 saturated carbocycles. The van der Waals surface area contributed by atoms with Crippen LogP contribution < -0.4 is 5.06 Å². The third kappa shape index (κ3) is 3.12. The Morgan fingerprint density at radius 2 is 1.67 bits per heavy atom. The Hall–Kier alpha value is -0.870. The molecule has 0 aliphatic carbocycles.